The summed E-state index contributed by atoms with van der Waals surface area (Å²) in [4.78, 5) is 0. The summed E-state index contributed by atoms with van der Waals surface area (Å²) in [6.07, 6.45) is 1.52. The Labute approximate surface area is 143 Å². The first kappa shape index (κ1) is 17.0. The van der Waals surface area contributed by atoms with Crippen LogP contribution < -0.4 is 0 Å². The zero-order valence-electron chi connectivity index (χ0n) is 14.5. The second kappa shape index (κ2) is 5.27. The normalized spacial score (nSPS) is 60.0. The van der Waals surface area contributed by atoms with Gasteiger partial charge in [-0.3, -0.25) is 0 Å². The van der Waals surface area contributed by atoms with Crippen LogP contribution in [0.15, 0.2) is 11.6 Å². The first-order chi connectivity index (χ1) is 11.2. The van der Waals surface area contributed by atoms with E-state index in [1.807, 2.05) is 6.92 Å². The van der Waals surface area contributed by atoms with Crippen LogP contribution in [0.5, 0.6) is 0 Å². The first-order valence-electron chi connectivity index (χ1n) is 9.31. The maximum absolute atomic E-state index is 11.0. The molecule has 4 aliphatic carbocycles. The van der Waals surface area contributed by atoms with Crippen molar-refractivity contribution in [3.63, 3.8) is 0 Å². The minimum Gasteiger partial charge on any atom is -0.393 e. The van der Waals surface area contributed by atoms with Gasteiger partial charge in [-0.05, 0) is 60.8 Å². The standard InChI is InChI=1S/C19H30O5/c1-18-6-5-12(20)16(23)10(18)4-3-9-11-7-13(21)17(24)19(11,2)8-14(22)15(9)18/h4,9,11-17,20-24H,3,5-8H2,1-2H3/t9-,11-,12+,13+,14-,15+,16+,17-,18-,19-/m0/s1. The lowest BCUT2D eigenvalue weighted by Gasteiger charge is -2.59. The summed E-state index contributed by atoms with van der Waals surface area (Å²) in [7, 11) is 0. The number of hydrogen-bond acceptors (Lipinski definition) is 5. The predicted octanol–water partition coefficient (Wildman–Crippen LogP) is 0.583. The zero-order chi connectivity index (χ0) is 17.4. The van der Waals surface area contributed by atoms with E-state index in [0.717, 1.165) is 18.4 Å². The van der Waals surface area contributed by atoms with Crippen molar-refractivity contribution in [3.05, 3.63) is 11.6 Å². The molecule has 0 radical (unpaired) electrons. The molecule has 5 nitrogen and oxygen atoms in total. The molecule has 4 rings (SSSR count). The monoisotopic (exact) mass is 338 g/mol. The molecule has 136 valence electrons. The summed E-state index contributed by atoms with van der Waals surface area (Å²) in [6.45, 7) is 4.11. The van der Waals surface area contributed by atoms with E-state index in [2.05, 4.69) is 13.0 Å². The number of hydrogen-bond donors (Lipinski definition) is 5. The van der Waals surface area contributed by atoms with Crippen molar-refractivity contribution in [3.8, 4) is 0 Å². The highest BCUT2D eigenvalue weighted by Crippen LogP contribution is 2.64. The topological polar surface area (TPSA) is 101 Å². The maximum Gasteiger partial charge on any atom is 0.101 e. The van der Waals surface area contributed by atoms with E-state index in [0.29, 0.717) is 19.3 Å². The third-order valence-corrected chi connectivity index (χ3v) is 8.07. The molecule has 4 aliphatic rings. The van der Waals surface area contributed by atoms with Gasteiger partial charge in [0, 0.05) is 5.41 Å². The van der Waals surface area contributed by atoms with E-state index in [4.69, 9.17) is 0 Å². The van der Waals surface area contributed by atoms with Crippen molar-refractivity contribution in [2.45, 2.75) is 76.5 Å². The Morgan fingerprint density at radius 1 is 1.00 bits per heavy atom. The van der Waals surface area contributed by atoms with Crippen LogP contribution in [0.4, 0.5) is 0 Å². The third kappa shape index (κ3) is 1.99. The van der Waals surface area contributed by atoms with Crippen molar-refractivity contribution >= 4 is 0 Å². The molecule has 0 aliphatic heterocycles. The molecule has 0 spiro atoms. The van der Waals surface area contributed by atoms with Crippen LogP contribution in [-0.4, -0.2) is 56.1 Å². The maximum atomic E-state index is 11.0. The van der Waals surface area contributed by atoms with Gasteiger partial charge in [-0.25, -0.2) is 0 Å². The molecule has 0 bridgehead atoms. The largest absolute Gasteiger partial charge is 0.393 e. The van der Waals surface area contributed by atoms with Crippen LogP contribution in [0.1, 0.15) is 46.0 Å². The molecule has 10 atom stereocenters. The molecule has 0 aromatic heterocycles. The van der Waals surface area contributed by atoms with E-state index in [1.54, 1.807) is 0 Å². The van der Waals surface area contributed by atoms with Gasteiger partial charge in [0.2, 0.25) is 0 Å². The molecule has 3 fully saturated rings. The molecule has 0 heterocycles. The summed E-state index contributed by atoms with van der Waals surface area (Å²) in [5.41, 5.74) is 0.110. The quantitative estimate of drug-likeness (QED) is 0.416. The average molecular weight is 338 g/mol. The predicted molar refractivity (Wildman–Crippen MR) is 87.9 cm³/mol. The summed E-state index contributed by atoms with van der Waals surface area (Å²) in [5.74, 6) is 0.381. The minimum absolute atomic E-state index is 0.00947. The first-order valence-corrected chi connectivity index (χ1v) is 9.31. The molecule has 0 unspecified atom stereocenters. The smallest absolute Gasteiger partial charge is 0.101 e. The van der Waals surface area contributed by atoms with E-state index in [9.17, 15) is 25.5 Å². The van der Waals surface area contributed by atoms with Gasteiger partial charge in [-0.2, -0.15) is 0 Å². The van der Waals surface area contributed by atoms with E-state index in [1.165, 1.54) is 0 Å². The van der Waals surface area contributed by atoms with Gasteiger partial charge in [0.1, 0.15) is 6.10 Å². The lowest BCUT2D eigenvalue weighted by Crippen LogP contribution is -2.59. The molecule has 0 amide bonds. The van der Waals surface area contributed by atoms with E-state index in [-0.39, 0.29) is 23.2 Å². The Morgan fingerprint density at radius 2 is 1.71 bits per heavy atom. The van der Waals surface area contributed by atoms with Crippen LogP contribution in [0.3, 0.4) is 0 Å². The van der Waals surface area contributed by atoms with Crippen molar-refractivity contribution < 1.29 is 25.5 Å². The van der Waals surface area contributed by atoms with Crippen LogP contribution >= 0.6 is 0 Å². The number of aliphatic hydroxyl groups excluding tert-OH is 5. The Balaban J connectivity index is 1.75. The van der Waals surface area contributed by atoms with E-state index >= 15 is 0 Å². The molecule has 3 saturated carbocycles. The average Bonchev–Trinajstić information content (AvgIpc) is 2.75. The van der Waals surface area contributed by atoms with Gasteiger partial charge >= 0.3 is 0 Å². The minimum atomic E-state index is -0.843. The summed E-state index contributed by atoms with van der Waals surface area (Å²) in [6, 6.07) is 0. The van der Waals surface area contributed by atoms with Gasteiger partial charge in [-0.1, -0.05) is 19.9 Å². The summed E-state index contributed by atoms with van der Waals surface area (Å²) >= 11 is 0. The van der Waals surface area contributed by atoms with Crippen molar-refractivity contribution in [2.75, 3.05) is 0 Å². The van der Waals surface area contributed by atoms with Gasteiger partial charge in [0.05, 0.1) is 24.4 Å². The number of fused-ring (bicyclic) bond motifs is 5. The highest BCUT2D eigenvalue weighted by atomic mass is 16.3. The number of rotatable bonds is 0. The van der Waals surface area contributed by atoms with Crippen LogP contribution in [0.2, 0.25) is 0 Å². The Hall–Kier alpha value is -0.460. The fourth-order valence-electron chi connectivity index (χ4n) is 6.85. The molecule has 0 saturated heterocycles. The fourth-order valence-corrected chi connectivity index (χ4v) is 6.85. The van der Waals surface area contributed by atoms with Crippen LogP contribution in [0.25, 0.3) is 0 Å². The van der Waals surface area contributed by atoms with Crippen molar-refractivity contribution in [1.82, 2.24) is 0 Å². The lowest BCUT2D eigenvalue weighted by molar-refractivity contribution is -0.147. The van der Waals surface area contributed by atoms with Gasteiger partial charge < -0.3 is 25.5 Å². The van der Waals surface area contributed by atoms with E-state index < -0.39 is 35.9 Å². The summed E-state index contributed by atoms with van der Waals surface area (Å²) in [5, 5.41) is 52.2. The third-order valence-electron chi connectivity index (χ3n) is 8.07. The lowest BCUT2D eigenvalue weighted by atomic mass is 9.46. The van der Waals surface area contributed by atoms with Crippen molar-refractivity contribution in [1.29, 1.82) is 0 Å². The SMILES string of the molecule is C[C@]12C[C@H](O)[C@H]3[C@@H](CC=C4[C@@H](O)[C@H](O)CC[C@@]43C)[C@@H]1C[C@@H](O)[C@@H]2O. The molecule has 0 aromatic carbocycles. The van der Waals surface area contributed by atoms with Crippen LogP contribution in [0, 0.1) is 28.6 Å². The fraction of sp³-hybridized carbons (Fsp3) is 0.895. The number of allylic oxidation sites excluding steroid dienone is 1. The van der Waals surface area contributed by atoms with Gasteiger partial charge in [0.25, 0.3) is 0 Å². The van der Waals surface area contributed by atoms with Gasteiger partial charge in [-0.15, -0.1) is 0 Å². The zero-order valence-corrected chi connectivity index (χ0v) is 14.5. The highest BCUT2D eigenvalue weighted by Gasteiger charge is 2.64. The molecule has 0 aromatic rings. The molecule has 5 N–H and O–H groups in total. The van der Waals surface area contributed by atoms with Crippen molar-refractivity contribution in [2.24, 2.45) is 28.6 Å². The number of aliphatic hydroxyl groups is 5. The molecule has 5 heteroatoms. The molecular weight excluding hydrogens is 308 g/mol. The Bertz CT molecular complexity index is 562. The summed E-state index contributed by atoms with van der Waals surface area (Å²) < 4.78 is 0. The highest BCUT2D eigenvalue weighted by molar-refractivity contribution is 5.30. The van der Waals surface area contributed by atoms with Crippen LogP contribution in [-0.2, 0) is 0 Å². The second-order valence-electron chi connectivity index (χ2n) is 9.18. The van der Waals surface area contributed by atoms with Gasteiger partial charge in [0.15, 0.2) is 0 Å². The Kier molecular flexibility index (Phi) is 3.73. The second-order valence-corrected chi connectivity index (χ2v) is 9.18. The Morgan fingerprint density at radius 3 is 2.42 bits per heavy atom. The molecular formula is C19H30O5. The molecule has 24 heavy (non-hydrogen) atoms.